The first-order valence-corrected chi connectivity index (χ1v) is 19.4. The van der Waals surface area contributed by atoms with Gasteiger partial charge in [-0.05, 0) is 62.6 Å². The third kappa shape index (κ3) is 8.57. The van der Waals surface area contributed by atoms with Crippen molar-refractivity contribution in [2.45, 2.75) is 96.7 Å². The van der Waals surface area contributed by atoms with E-state index >= 15 is 0 Å². The summed E-state index contributed by atoms with van der Waals surface area (Å²) in [5.74, 6) is -0.818. The molecule has 0 saturated carbocycles. The Morgan fingerprint density at radius 1 is 0.809 bits per heavy atom. The standard InChI is InChI=1S/C39H53N3O4P/c1-5-7-25-39(26-8-6-2)29-33(38(3,43-4)45-46-39)31-44-32-34-30-42(41-40-34)27-18-28-47(35-19-12-9-13-20-35,36-21-14-10-15-22-36)37-23-16-11-17-24-37/h9-17,19-24,30,33H,5-8,18,25-29,31-32H2,1-4H3/q+1/t33-,38+/m0/s1. The van der Waals surface area contributed by atoms with E-state index in [0.29, 0.717) is 13.2 Å². The highest BCUT2D eigenvalue weighted by atomic mass is 31.2. The molecule has 1 aromatic heterocycles. The van der Waals surface area contributed by atoms with Gasteiger partial charge >= 0.3 is 0 Å². The van der Waals surface area contributed by atoms with Crippen LogP contribution in [-0.4, -0.2) is 46.3 Å². The Hall–Kier alpha value is -2.93. The summed E-state index contributed by atoms with van der Waals surface area (Å²) in [6, 6.07) is 33.1. The van der Waals surface area contributed by atoms with Crippen molar-refractivity contribution in [2.24, 2.45) is 5.92 Å². The molecule has 2 heterocycles. The van der Waals surface area contributed by atoms with Crippen LogP contribution in [0.25, 0.3) is 0 Å². The highest BCUT2D eigenvalue weighted by Crippen LogP contribution is 2.55. The molecule has 0 unspecified atom stereocenters. The maximum Gasteiger partial charge on any atom is 0.203 e. The van der Waals surface area contributed by atoms with E-state index in [0.717, 1.165) is 69.8 Å². The number of hydrogen-bond acceptors (Lipinski definition) is 6. The minimum absolute atomic E-state index is 0.0380. The fraction of sp³-hybridized carbons (Fsp3) is 0.487. The summed E-state index contributed by atoms with van der Waals surface area (Å²) in [7, 11) is -0.200. The largest absolute Gasteiger partial charge is 0.375 e. The summed E-state index contributed by atoms with van der Waals surface area (Å²) in [6.07, 6.45) is 11.3. The summed E-state index contributed by atoms with van der Waals surface area (Å²) >= 11 is 0. The van der Waals surface area contributed by atoms with Crippen molar-refractivity contribution in [2.75, 3.05) is 19.9 Å². The molecule has 0 aliphatic carbocycles. The average molecular weight is 659 g/mol. The lowest BCUT2D eigenvalue weighted by atomic mass is 9.79. The molecule has 1 fully saturated rings. The van der Waals surface area contributed by atoms with Gasteiger partial charge in [-0.3, -0.25) is 4.68 Å². The van der Waals surface area contributed by atoms with Crippen molar-refractivity contribution in [1.29, 1.82) is 0 Å². The van der Waals surface area contributed by atoms with Crippen molar-refractivity contribution < 1.29 is 19.2 Å². The summed E-state index contributed by atoms with van der Waals surface area (Å²) in [6.45, 7) is 8.07. The Bertz CT molecular complexity index is 1360. The van der Waals surface area contributed by atoms with Crippen LogP contribution in [0.1, 0.15) is 77.8 Å². The minimum atomic E-state index is -1.88. The molecule has 3 aromatic carbocycles. The second-order valence-electron chi connectivity index (χ2n) is 13.1. The van der Waals surface area contributed by atoms with E-state index in [9.17, 15) is 0 Å². The fourth-order valence-corrected chi connectivity index (χ4v) is 11.2. The predicted octanol–water partition coefficient (Wildman–Crippen LogP) is 7.63. The molecule has 8 heteroatoms. The van der Waals surface area contributed by atoms with Gasteiger partial charge in [0.25, 0.3) is 0 Å². The number of unbranched alkanes of at least 4 members (excludes halogenated alkanes) is 2. The lowest BCUT2D eigenvalue weighted by molar-refractivity contribution is -0.502. The summed E-state index contributed by atoms with van der Waals surface area (Å²) in [5.41, 5.74) is 0.536. The van der Waals surface area contributed by atoms with E-state index in [1.807, 2.05) is 17.8 Å². The molecule has 7 nitrogen and oxygen atoms in total. The van der Waals surface area contributed by atoms with Crippen LogP contribution in [0.5, 0.6) is 0 Å². The van der Waals surface area contributed by atoms with E-state index in [1.54, 1.807) is 7.11 Å². The van der Waals surface area contributed by atoms with Crippen molar-refractivity contribution in [3.05, 3.63) is 103 Å². The second kappa shape index (κ2) is 16.9. The molecule has 0 amide bonds. The molecule has 0 spiro atoms. The molecule has 5 rings (SSSR count). The zero-order valence-electron chi connectivity index (χ0n) is 28.7. The Balaban J connectivity index is 1.24. The van der Waals surface area contributed by atoms with Crippen LogP contribution >= 0.6 is 7.26 Å². The number of rotatable bonds is 18. The summed E-state index contributed by atoms with van der Waals surface area (Å²) in [4.78, 5) is 12.1. The number of aryl methyl sites for hydroxylation is 1. The molecule has 1 aliphatic rings. The molecule has 252 valence electrons. The van der Waals surface area contributed by atoms with Crippen molar-refractivity contribution in [1.82, 2.24) is 15.0 Å². The molecule has 2 atom stereocenters. The van der Waals surface area contributed by atoms with Crippen LogP contribution in [0.2, 0.25) is 0 Å². The van der Waals surface area contributed by atoms with Gasteiger partial charge < -0.3 is 9.47 Å². The Morgan fingerprint density at radius 3 is 1.87 bits per heavy atom. The first-order valence-electron chi connectivity index (χ1n) is 17.4. The van der Waals surface area contributed by atoms with Gasteiger partial charge in [-0.25, -0.2) is 9.78 Å². The van der Waals surface area contributed by atoms with Gasteiger partial charge in [-0.2, -0.15) is 0 Å². The fourth-order valence-electron chi connectivity index (χ4n) is 6.90. The maximum absolute atomic E-state index is 6.28. The number of methoxy groups -OCH3 is 1. The SMILES string of the molecule is CCCCC1(CCCC)C[C@@H](COCc2cn(CCC[P+](c3ccccc3)(c3ccccc3)c3ccccc3)nn2)[C@](C)(OC)OO1. The average Bonchev–Trinajstić information content (AvgIpc) is 3.58. The van der Waals surface area contributed by atoms with Crippen molar-refractivity contribution in [3.8, 4) is 0 Å². The summed E-state index contributed by atoms with van der Waals surface area (Å²) < 4.78 is 14.1. The maximum atomic E-state index is 6.28. The molecule has 1 aliphatic heterocycles. The molecule has 0 bridgehead atoms. The Kier molecular flexibility index (Phi) is 12.8. The van der Waals surface area contributed by atoms with Gasteiger partial charge in [-0.15, -0.1) is 5.10 Å². The van der Waals surface area contributed by atoms with Crippen LogP contribution in [0, 0.1) is 5.92 Å². The molecular formula is C39H53N3O4P+. The molecule has 1 saturated heterocycles. The molecule has 4 aromatic rings. The lowest BCUT2D eigenvalue weighted by Crippen LogP contribution is -2.54. The quantitative estimate of drug-likeness (QED) is 0.0809. The second-order valence-corrected chi connectivity index (χ2v) is 16.7. The number of hydrogen-bond donors (Lipinski definition) is 0. The van der Waals surface area contributed by atoms with Crippen molar-refractivity contribution in [3.63, 3.8) is 0 Å². The van der Waals surface area contributed by atoms with Gasteiger partial charge in [0, 0.05) is 26.0 Å². The third-order valence-corrected chi connectivity index (χ3v) is 14.3. The normalized spacial score (nSPS) is 19.5. The monoisotopic (exact) mass is 658 g/mol. The molecule has 47 heavy (non-hydrogen) atoms. The Labute approximate surface area is 282 Å². The number of benzene rings is 3. The Morgan fingerprint density at radius 2 is 1.36 bits per heavy atom. The first-order chi connectivity index (χ1) is 23.0. The number of nitrogens with zero attached hydrogens (tertiary/aromatic N) is 3. The molecular weight excluding hydrogens is 605 g/mol. The van der Waals surface area contributed by atoms with Crippen LogP contribution in [0.4, 0.5) is 0 Å². The lowest BCUT2D eigenvalue weighted by Gasteiger charge is -2.47. The highest BCUT2D eigenvalue weighted by molar-refractivity contribution is 7.95. The molecule has 0 radical (unpaired) electrons. The van der Waals surface area contributed by atoms with E-state index in [2.05, 4.69) is 115 Å². The summed E-state index contributed by atoms with van der Waals surface area (Å²) in [5, 5.41) is 13.2. The smallest absolute Gasteiger partial charge is 0.203 e. The van der Waals surface area contributed by atoms with Crippen LogP contribution in [0.15, 0.2) is 97.2 Å². The van der Waals surface area contributed by atoms with Crippen LogP contribution < -0.4 is 15.9 Å². The number of ether oxygens (including phenoxy) is 2. The van der Waals surface area contributed by atoms with E-state index < -0.39 is 13.0 Å². The first kappa shape index (κ1) is 35.4. The van der Waals surface area contributed by atoms with E-state index in [1.165, 1.54) is 15.9 Å². The highest BCUT2D eigenvalue weighted by Gasteiger charge is 2.50. The number of aromatic nitrogens is 3. The topological polar surface area (TPSA) is 67.6 Å². The third-order valence-electron chi connectivity index (χ3n) is 9.75. The van der Waals surface area contributed by atoms with Gasteiger partial charge in [0.15, 0.2) is 0 Å². The van der Waals surface area contributed by atoms with Gasteiger partial charge in [0.05, 0.1) is 25.6 Å². The van der Waals surface area contributed by atoms with E-state index in [4.69, 9.17) is 19.2 Å². The van der Waals surface area contributed by atoms with E-state index in [-0.39, 0.29) is 11.5 Å². The predicted molar refractivity (Wildman–Crippen MR) is 192 cm³/mol. The zero-order chi connectivity index (χ0) is 33.0. The van der Waals surface area contributed by atoms with Crippen LogP contribution in [-0.2, 0) is 32.4 Å². The minimum Gasteiger partial charge on any atom is -0.375 e. The van der Waals surface area contributed by atoms with Gasteiger partial charge in [0.2, 0.25) is 5.79 Å². The van der Waals surface area contributed by atoms with Crippen molar-refractivity contribution >= 4 is 23.2 Å². The van der Waals surface area contributed by atoms with Crippen LogP contribution in [0.3, 0.4) is 0 Å². The zero-order valence-corrected chi connectivity index (χ0v) is 29.6. The molecule has 0 N–H and O–H groups in total. The van der Waals surface area contributed by atoms with Gasteiger partial charge in [0.1, 0.15) is 34.5 Å². The van der Waals surface area contributed by atoms with Gasteiger partial charge in [-0.1, -0.05) is 99.3 Å².